The third kappa shape index (κ3) is 1.88. The van der Waals surface area contributed by atoms with Gasteiger partial charge in [-0.15, -0.1) is 0 Å². The maximum absolute atomic E-state index is 6.08. The summed E-state index contributed by atoms with van der Waals surface area (Å²) in [4.78, 5) is 12.9. The summed E-state index contributed by atoms with van der Waals surface area (Å²) in [7, 11) is 0. The van der Waals surface area contributed by atoms with Crippen LogP contribution in [0.15, 0.2) is 24.5 Å². The van der Waals surface area contributed by atoms with E-state index in [1.165, 1.54) is 12.8 Å². The van der Waals surface area contributed by atoms with Crippen molar-refractivity contribution in [2.24, 2.45) is 11.7 Å². The Labute approximate surface area is 93.9 Å². The van der Waals surface area contributed by atoms with Crippen molar-refractivity contribution in [3.63, 3.8) is 0 Å². The van der Waals surface area contributed by atoms with E-state index in [1.807, 2.05) is 12.1 Å². The van der Waals surface area contributed by atoms with Crippen molar-refractivity contribution in [3.8, 4) is 0 Å². The van der Waals surface area contributed by atoms with Crippen LogP contribution < -0.4 is 5.73 Å². The molecule has 2 aromatic rings. The van der Waals surface area contributed by atoms with Gasteiger partial charge in [0.1, 0.15) is 5.52 Å². The van der Waals surface area contributed by atoms with Crippen LogP contribution in [0.25, 0.3) is 11.2 Å². The van der Waals surface area contributed by atoms with Crippen molar-refractivity contribution < 1.29 is 0 Å². The highest BCUT2D eigenvalue weighted by atomic mass is 14.9. The zero-order valence-corrected chi connectivity index (χ0v) is 9.00. The van der Waals surface area contributed by atoms with Crippen LogP contribution in [0.5, 0.6) is 0 Å². The minimum atomic E-state index is 0.252. The molecule has 2 heterocycles. The molecular formula is C12H14N4. The van der Waals surface area contributed by atoms with Crippen molar-refractivity contribution in [2.75, 3.05) is 0 Å². The zero-order valence-electron chi connectivity index (χ0n) is 9.00. The van der Waals surface area contributed by atoms with Crippen molar-refractivity contribution in [1.82, 2.24) is 15.0 Å². The summed E-state index contributed by atoms with van der Waals surface area (Å²) < 4.78 is 0. The quantitative estimate of drug-likeness (QED) is 0.836. The van der Waals surface area contributed by atoms with Crippen molar-refractivity contribution in [2.45, 2.75) is 25.3 Å². The Balaban J connectivity index is 1.86. The molecule has 4 heteroatoms. The molecule has 3 rings (SSSR count). The molecule has 1 unspecified atom stereocenters. The van der Waals surface area contributed by atoms with E-state index in [0.29, 0.717) is 11.6 Å². The van der Waals surface area contributed by atoms with Crippen LogP contribution in [0.2, 0.25) is 0 Å². The maximum atomic E-state index is 6.08. The van der Waals surface area contributed by atoms with Gasteiger partial charge < -0.3 is 5.73 Å². The van der Waals surface area contributed by atoms with Crippen LogP contribution in [0.4, 0.5) is 0 Å². The molecule has 1 aliphatic carbocycles. The lowest BCUT2D eigenvalue weighted by Crippen LogP contribution is -2.25. The van der Waals surface area contributed by atoms with E-state index in [1.54, 1.807) is 12.4 Å². The van der Waals surface area contributed by atoms with Crippen LogP contribution in [0, 0.1) is 5.92 Å². The lowest BCUT2D eigenvalue weighted by molar-refractivity contribution is 0.585. The molecular weight excluding hydrogens is 200 g/mol. The molecule has 0 aliphatic heterocycles. The second-order valence-electron chi connectivity index (χ2n) is 4.41. The minimum Gasteiger partial charge on any atom is -0.327 e. The largest absolute Gasteiger partial charge is 0.327 e. The summed E-state index contributed by atoms with van der Waals surface area (Å²) in [6.45, 7) is 0. The average molecular weight is 214 g/mol. The molecule has 0 amide bonds. The van der Waals surface area contributed by atoms with Crippen molar-refractivity contribution >= 4 is 11.2 Å². The smallest absolute Gasteiger partial charge is 0.178 e. The number of rotatable bonds is 3. The first-order valence-electron chi connectivity index (χ1n) is 5.65. The van der Waals surface area contributed by atoms with Crippen LogP contribution >= 0.6 is 0 Å². The Morgan fingerprint density at radius 2 is 2.06 bits per heavy atom. The first-order valence-corrected chi connectivity index (χ1v) is 5.65. The highest BCUT2D eigenvalue weighted by molar-refractivity contribution is 5.68. The summed E-state index contributed by atoms with van der Waals surface area (Å²) in [6.07, 6.45) is 6.74. The van der Waals surface area contributed by atoms with Gasteiger partial charge in [-0.3, -0.25) is 4.98 Å². The molecule has 2 N–H and O–H groups in total. The van der Waals surface area contributed by atoms with Gasteiger partial charge in [-0.05, 0) is 30.9 Å². The molecule has 0 spiro atoms. The van der Waals surface area contributed by atoms with Gasteiger partial charge >= 0.3 is 0 Å². The van der Waals surface area contributed by atoms with Gasteiger partial charge in [0.15, 0.2) is 5.65 Å². The Kier molecular flexibility index (Phi) is 2.29. The highest BCUT2D eigenvalue weighted by Crippen LogP contribution is 2.32. The lowest BCUT2D eigenvalue weighted by atomic mass is 10.1. The number of nitrogens with two attached hydrogens (primary N) is 1. The van der Waals surface area contributed by atoms with Crippen LogP contribution in [0.1, 0.15) is 18.5 Å². The monoisotopic (exact) mass is 214 g/mol. The Bertz CT molecular complexity index is 507. The average Bonchev–Trinajstić information content (AvgIpc) is 3.12. The lowest BCUT2D eigenvalue weighted by Gasteiger charge is -2.09. The van der Waals surface area contributed by atoms with Gasteiger partial charge in [0, 0.05) is 30.6 Å². The topological polar surface area (TPSA) is 64.7 Å². The minimum absolute atomic E-state index is 0.252. The Morgan fingerprint density at radius 1 is 1.25 bits per heavy atom. The van der Waals surface area contributed by atoms with Gasteiger partial charge in [-0.1, -0.05) is 0 Å². The molecule has 1 aliphatic rings. The van der Waals surface area contributed by atoms with Crippen LogP contribution in [-0.4, -0.2) is 21.0 Å². The normalized spacial score (nSPS) is 17.6. The number of fused-ring (bicyclic) bond motifs is 1. The molecule has 0 radical (unpaired) electrons. The first-order chi connectivity index (χ1) is 7.83. The van der Waals surface area contributed by atoms with E-state index >= 15 is 0 Å². The summed E-state index contributed by atoms with van der Waals surface area (Å²) in [5.74, 6) is 0.708. The second-order valence-corrected chi connectivity index (χ2v) is 4.41. The zero-order chi connectivity index (χ0) is 11.0. The Hall–Kier alpha value is -1.55. The molecule has 16 heavy (non-hydrogen) atoms. The van der Waals surface area contributed by atoms with Gasteiger partial charge in [0.05, 0.1) is 0 Å². The van der Waals surface area contributed by atoms with Gasteiger partial charge in [-0.25, -0.2) is 9.97 Å². The molecule has 0 aromatic carbocycles. The fourth-order valence-corrected chi connectivity index (χ4v) is 1.94. The predicted octanol–water partition coefficient (Wildman–Crippen LogP) is 1.30. The third-order valence-corrected chi connectivity index (χ3v) is 3.06. The number of hydrogen-bond donors (Lipinski definition) is 1. The molecule has 0 saturated heterocycles. The fraction of sp³-hybridized carbons (Fsp3) is 0.417. The maximum Gasteiger partial charge on any atom is 0.178 e. The van der Waals surface area contributed by atoms with Crippen molar-refractivity contribution in [1.29, 1.82) is 0 Å². The highest BCUT2D eigenvalue weighted by Gasteiger charge is 2.28. The van der Waals surface area contributed by atoms with E-state index in [4.69, 9.17) is 5.73 Å². The molecule has 4 nitrogen and oxygen atoms in total. The molecule has 1 saturated carbocycles. The fourth-order valence-electron chi connectivity index (χ4n) is 1.94. The van der Waals surface area contributed by atoms with E-state index in [0.717, 1.165) is 17.6 Å². The van der Waals surface area contributed by atoms with Gasteiger partial charge in [0.25, 0.3) is 0 Å². The number of hydrogen-bond acceptors (Lipinski definition) is 4. The summed E-state index contributed by atoms with van der Waals surface area (Å²) in [5.41, 5.74) is 8.65. The first kappa shape index (κ1) is 9.66. The summed E-state index contributed by atoms with van der Waals surface area (Å²) in [6, 6.07) is 4.21. The van der Waals surface area contributed by atoms with E-state index in [9.17, 15) is 0 Å². The molecule has 1 atom stereocenters. The Morgan fingerprint density at radius 3 is 2.88 bits per heavy atom. The van der Waals surface area contributed by atoms with Crippen LogP contribution in [0.3, 0.4) is 0 Å². The van der Waals surface area contributed by atoms with E-state index in [2.05, 4.69) is 15.0 Å². The molecule has 1 fully saturated rings. The second kappa shape index (κ2) is 3.79. The third-order valence-electron chi connectivity index (χ3n) is 3.06. The number of pyridine rings is 1. The molecule has 82 valence electrons. The summed E-state index contributed by atoms with van der Waals surface area (Å²) >= 11 is 0. The standard InChI is InChI=1S/C12H14N4/c13-10(8-1-2-8)7-9-3-4-11-12(16-9)15-6-5-14-11/h3-6,8,10H,1-2,7,13H2. The number of nitrogens with zero attached hydrogens (tertiary/aromatic N) is 3. The van der Waals surface area contributed by atoms with E-state index in [-0.39, 0.29) is 6.04 Å². The predicted molar refractivity (Wildman–Crippen MR) is 61.7 cm³/mol. The number of aromatic nitrogens is 3. The van der Waals surface area contributed by atoms with Crippen LogP contribution in [-0.2, 0) is 6.42 Å². The molecule has 0 bridgehead atoms. The molecule has 2 aromatic heterocycles. The SMILES string of the molecule is NC(Cc1ccc2nccnc2n1)C1CC1. The van der Waals surface area contributed by atoms with Crippen molar-refractivity contribution in [3.05, 3.63) is 30.2 Å². The van der Waals surface area contributed by atoms with E-state index < -0.39 is 0 Å². The van der Waals surface area contributed by atoms with Gasteiger partial charge in [-0.2, -0.15) is 0 Å². The summed E-state index contributed by atoms with van der Waals surface area (Å²) in [5, 5.41) is 0. The van der Waals surface area contributed by atoms with Gasteiger partial charge in [0.2, 0.25) is 0 Å².